The molecule has 0 radical (unpaired) electrons. The number of likely N-dealkylation sites (tertiary alicyclic amines) is 1. The molecule has 1 fully saturated rings. The van der Waals surface area contributed by atoms with Crippen LogP contribution in [-0.2, 0) is 11.3 Å². The minimum atomic E-state index is 0.110. The average molecular weight is 414 g/mol. The van der Waals surface area contributed by atoms with Gasteiger partial charge in [-0.05, 0) is 62.2 Å². The van der Waals surface area contributed by atoms with E-state index in [9.17, 15) is 4.79 Å². The van der Waals surface area contributed by atoms with Crippen LogP contribution in [0.4, 0.5) is 0 Å². The Labute approximate surface area is 185 Å². The van der Waals surface area contributed by atoms with Gasteiger partial charge in [-0.3, -0.25) is 9.78 Å². The number of nitrogens with zero attached hydrogens (tertiary/aromatic N) is 2. The molecule has 0 atom stereocenters. The highest BCUT2D eigenvalue weighted by molar-refractivity contribution is 5.78. The highest BCUT2D eigenvalue weighted by atomic mass is 16.1. The van der Waals surface area contributed by atoms with Gasteiger partial charge in [0.1, 0.15) is 0 Å². The zero-order chi connectivity index (χ0) is 21.3. The maximum Gasteiger partial charge on any atom is 0.223 e. The smallest absolute Gasteiger partial charge is 0.223 e. The predicted octanol–water partition coefficient (Wildman–Crippen LogP) is 4.63. The first-order valence-electron chi connectivity index (χ1n) is 11.3. The van der Waals surface area contributed by atoms with Crippen molar-refractivity contribution in [1.29, 1.82) is 0 Å². The number of piperidine rings is 1. The third-order valence-corrected chi connectivity index (χ3v) is 6.27. The molecule has 31 heavy (non-hydrogen) atoms. The molecule has 4 rings (SSSR count). The SMILES string of the molecule is O=C(NCc1ccccn1)C1CCN(CCC(c2ccccc2)c2ccccc2)CC1. The zero-order valence-corrected chi connectivity index (χ0v) is 18.0. The quantitative estimate of drug-likeness (QED) is 0.586. The summed E-state index contributed by atoms with van der Waals surface area (Å²) in [6.07, 6.45) is 4.70. The maximum atomic E-state index is 12.6. The molecule has 1 saturated heterocycles. The summed E-state index contributed by atoms with van der Waals surface area (Å²) in [6, 6.07) is 27.4. The van der Waals surface area contributed by atoms with Gasteiger partial charge in [0.15, 0.2) is 0 Å². The van der Waals surface area contributed by atoms with Crippen molar-refractivity contribution in [2.75, 3.05) is 19.6 Å². The standard InChI is InChI=1S/C27H31N3O/c31-27(29-21-25-13-7-8-17-28-25)24-14-18-30(19-15-24)20-16-26(22-9-3-1-4-10-22)23-11-5-2-6-12-23/h1-13,17,24,26H,14-16,18-21H2,(H,29,31). The van der Waals surface area contributed by atoms with Gasteiger partial charge in [-0.15, -0.1) is 0 Å². The van der Waals surface area contributed by atoms with Crippen molar-refractivity contribution in [2.24, 2.45) is 5.92 Å². The van der Waals surface area contributed by atoms with Crippen molar-refractivity contribution in [2.45, 2.75) is 31.7 Å². The number of amides is 1. The van der Waals surface area contributed by atoms with Crippen LogP contribution in [0.15, 0.2) is 85.1 Å². The average Bonchev–Trinajstić information content (AvgIpc) is 2.85. The van der Waals surface area contributed by atoms with Crippen LogP contribution in [0.2, 0.25) is 0 Å². The molecule has 4 nitrogen and oxygen atoms in total. The van der Waals surface area contributed by atoms with Crippen molar-refractivity contribution >= 4 is 5.91 Å². The van der Waals surface area contributed by atoms with E-state index in [1.165, 1.54) is 11.1 Å². The lowest BCUT2D eigenvalue weighted by molar-refractivity contribution is -0.126. The van der Waals surface area contributed by atoms with Gasteiger partial charge in [0.25, 0.3) is 0 Å². The number of benzene rings is 2. The number of carbonyl (C=O) groups excluding carboxylic acids is 1. The summed E-state index contributed by atoms with van der Waals surface area (Å²) in [6.45, 7) is 3.53. The van der Waals surface area contributed by atoms with Crippen LogP contribution >= 0.6 is 0 Å². The molecule has 1 aliphatic heterocycles. The molecule has 0 bridgehead atoms. The van der Waals surface area contributed by atoms with Crippen LogP contribution in [0.3, 0.4) is 0 Å². The van der Waals surface area contributed by atoms with E-state index in [-0.39, 0.29) is 11.8 Å². The van der Waals surface area contributed by atoms with Crippen LogP contribution in [0.1, 0.15) is 42.0 Å². The molecule has 0 spiro atoms. The Morgan fingerprint density at radius 3 is 2.10 bits per heavy atom. The maximum absolute atomic E-state index is 12.6. The van der Waals surface area contributed by atoms with Crippen molar-refractivity contribution in [3.63, 3.8) is 0 Å². The van der Waals surface area contributed by atoms with Crippen LogP contribution in [0.5, 0.6) is 0 Å². The van der Waals surface area contributed by atoms with E-state index in [1.54, 1.807) is 6.20 Å². The molecule has 0 aliphatic carbocycles. The molecule has 0 unspecified atom stereocenters. The fraction of sp³-hybridized carbons (Fsp3) is 0.333. The van der Waals surface area contributed by atoms with Crippen LogP contribution in [0, 0.1) is 5.92 Å². The molecule has 0 saturated carbocycles. The Balaban J connectivity index is 1.27. The second-order valence-electron chi connectivity index (χ2n) is 8.32. The Kier molecular flexibility index (Phi) is 7.46. The molecule has 160 valence electrons. The first kappa shape index (κ1) is 21.3. The molecule has 3 aromatic rings. The van der Waals surface area contributed by atoms with Crippen LogP contribution in [0.25, 0.3) is 0 Å². The number of hydrogen-bond donors (Lipinski definition) is 1. The minimum absolute atomic E-state index is 0.110. The fourth-order valence-corrected chi connectivity index (χ4v) is 4.45. The first-order chi connectivity index (χ1) is 15.3. The molecule has 4 heteroatoms. The van der Waals surface area contributed by atoms with E-state index >= 15 is 0 Å². The van der Waals surface area contributed by atoms with Gasteiger partial charge in [0.05, 0.1) is 12.2 Å². The van der Waals surface area contributed by atoms with Gasteiger partial charge in [0, 0.05) is 18.0 Å². The van der Waals surface area contributed by atoms with E-state index in [1.807, 2.05) is 18.2 Å². The third-order valence-electron chi connectivity index (χ3n) is 6.27. The lowest BCUT2D eigenvalue weighted by atomic mass is 9.88. The van der Waals surface area contributed by atoms with E-state index in [4.69, 9.17) is 0 Å². The monoisotopic (exact) mass is 413 g/mol. The highest BCUT2D eigenvalue weighted by Crippen LogP contribution is 2.29. The van der Waals surface area contributed by atoms with E-state index < -0.39 is 0 Å². The van der Waals surface area contributed by atoms with E-state index in [0.29, 0.717) is 12.5 Å². The summed E-state index contributed by atoms with van der Waals surface area (Å²) >= 11 is 0. The second-order valence-corrected chi connectivity index (χ2v) is 8.32. The van der Waals surface area contributed by atoms with Crippen LogP contribution in [-0.4, -0.2) is 35.4 Å². The van der Waals surface area contributed by atoms with E-state index in [2.05, 4.69) is 75.9 Å². The number of rotatable bonds is 8. The largest absolute Gasteiger partial charge is 0.350 e. The van der Waals surface area contributed by atoms with Crippen molar-refractivity contribution in [3.05, 3.63) is 102 Å². The lowest BCUT2D eigenvalue weighted by Crippen LogP contribution is -2.41. The van der Waals surface area contributed by atoms with Gasteiger partial charge in [-0.25, -0.2) is 0 Å². The van der Waals surface area contributed by atoms with Crippen molar-refractivity contribution < 1.29 is 4.79 Å². The summed E-state index contributed by atoms with van der Waals surface area (Å²) in [4.78, 5) is 19.3. The Morgan fingerprint density at radius 1 is 0.903 bits per heavy atom. The highest BCUT2D eigenvalue weighted by Gasteiger charge is 2.25. The Hall–Kier alpha value is -2.98. The number of pyridine rings is 1. The molecular weight excluding hydrogens is 382 g/mol. The predicted molar refractivity (Wildman–Crippen MR) is 125 cm³/mol. The van der Waals surface area contributed by atoms with Crippen LogP contribution < -0.4 is 5.32 Å². The first-order valence-corrected chi connectivity index (χ1v) is 11.3. The number of hydrogen-bond acceptors (Lipinski definition) is 3. The summed E-state index contributed by atoms with van der Waals surface area (Å²) < 4.78 is 0. The molecule has 2 aromatic carbocycles. The van der Waals surface area contributed by atoms with Gasteiger partial charge >= 0.3 is 0 Å². The number of carbonyl (C=O) groups is 1. The van der Waals surface area contributed by atoms with Gasteiger partial charge in [-0.1, -0.05) is 66.7 Å². The molecule has 2 heterocycles. The molecule has 1 aromatic heterocycles. The van der Waals surface area contributed by atoms with Crippen molar-refractivity contribution in [3.8, 4) is 0 Å². The van der Waals surface area contributed by atoms with Gasteiger partial charge < -0.3 is 10.2 Å². The van der Waals surface area contributed by atoms with Gasteiger partial charge in [-0.2, -0.15) is 0 Å². The Morgan fingerprint density at radius 2 is 1.52 bits per heavy atom. The minimum Gasteiger partial charge on any atom is -0.350 e. The number of nitrogens with one attached hydrogen (secondary N) is 1. The zero-order valence-electron chi connectivity index (χ0n) is 18.0. The molecule has 1 N–H and O–H groups in total. The summed E-state index contributed by atoms with van der Waals surface area (Å²) in [7, 11) is 0. The Bertz CT molecular complexity index is 883. The number of aromatic nitrogens is 1. The lowest BCUT2D eigenvalue weighted by Gasteiger charge is -2.32. The summed E-state index contributed by atoms with van der Waals surface area (Å²) in [5.74, 6) is 0.678. The van der Waals surface area contributed by atoms with Gasteiger partial charge in [0.2, 0.25) is 5.91 Å². The fourth-order valence-electron chi connectivity index (χ4n) is 4.45. The topological polar surface area (TPSA) is 45.2 Å². The molecule has 1 amide bonds. The molecule has 1 aliphatic rings. The molecular formula is C27H31N3O. The normalized spacial score (nSPS) is 15.1. The second kappa shape index (κ2) is 10.9. The van der Waals surface area contributed by atoms with E-state index in [0.717, 1.165) is 44.6 Å². The summed E-state index contributed by atoms with van der Waals surface area (Å²) in [5, 5.41) is 3.06. The van der Waals surface area contributed by atoms with Crippen molar-refractivity contribution in [1.82, 2.24) is 15.2 Å². The third kappa shape index (κ3) is 6.02. The summed E-state index contributed by atoms with van der Waals surface area (Å²) in [5.41, 5.74) is 3.65.